The van der Waals surface area contributed by atoms with E-state index in [1.165, 1.54) is 6.20 Å². The first kappa shape index (κ1) is 15.0. The molecule has 0 unspecified atom stereocenters. The number of carbonyl (C=O) groups is 2. The summed E-state index contributed by atoms with van der Waals surface area (Å²) in [5.41, 5.74) is -0.121. The average molecular weight is 307 g/mol. The summed E-state index contributed by atoms with van der Waals surface area (Å²) in [6, 6.07) is 1.58. The Bertz CT molecular complexity index is 557. The summed E-state index contributed by atoms with van der Waals surface area (Å²) in [6.07, 6.45) is 3.63. The summed E-state index contributed by atoms with van der Waals surface area (Å²) >= 11 is 0. The number of amides is 2. The van der Waals surface area contributed by atoms with Crippen molar-refractivity contribution in [2.45, 2.75) is 25.4 Å². The van der Waals surface area contributed by atoms with Crippen LogP contribution in [0.25, 0.3) is 0 Å². The van der Waals surface area contributed by atoms with Crippen molar-refractivity contribution in [1.82, 2.24) is 15.0 Å². The maximum Gasteiger partial charge on any atom is 0.292 e. The van der Waals surface area contributed by atoms with Gasteiger partial charge in [-0.15, -0.1) is 0 Å². The lowest BCUT2D eigenvalue weighted by Crippen LogP contribution is -2.46. The predicted octanol–water partition coefficient (Wildman–Crippen LogP) is 0.774. The molecule has 0 aliphatic carbocycles. The summed E-state index contributed by atoms with van der Waals surface area (Å²) in [4.78, 5) is 27.8. The molecule has 3 rings (SSSR count). The molecule has 3 heterocycles. The molecular formula is C15H21N3O4. The first-order chi connectivity index (χ1) is 10.5. The van der Waals surface area contributed by atoms with Crippen LogP contribution in [0.5, 0.6) is 0 Å². The Morgan fingerprint density at radius 1 is 1.45 bits per heavy atom. The topological polar surface area (TPSA) is 75.9 Å². The number of piperidine rings is 1. The zero-order valence-electron chi connectivity index (χ0n) is 12.9. The van der Waals surface area contributed by atoms with E-state index in [2.05, 4.69) is 5.16 Å². The van der Waals surface area contributed by atoms with Crippen molar-refractivity contribution in [3.8, 4) is 0 Å². The molecule has 0 saturated carbocycles. The molecule has 0 bridgehead atoms. The first-order valence-electron chi connectivity index (χ1n) is 7.53. The van der Waals surface area contributed by atoms with Gasteiger partial charge in [0.15, 0.2) is 0 Å². The van der Waals surface area contributed by atoms with Gasteiger partial charge in [0.1, 0.15) is 6.10 Å². The van der Waals surface area contributed by atoms with Crippen molar-refractivity contribution in [3.05, 3.63) is 18.0 Å². The third-order valence-corrected chi connectivity index (χ3v) is 4.52. The van der Waals surface area contributed by atoms with Gasteiger partial charge in [0, 0.05) is 38.7 Å². The Balaban J connectivity index is 1.68. The first-order valence-corrected chi connectivity index (χ1v) is 7.53. The fraction of sp³-hybridized carbons (Fsp3) is 0.667. The number of likely N-dealkylation sites (tertiary alicyclic amines) is 1. The van der Waals surface area contributed by atoms with Crippen molar-refractivity contribution in [2.75, 3.05) is 33.8 Å². The van der Waals surface area contributed by atoms with E-state index in [4.69, 9.17) is 9.26 Å². The van der Waals surface area contributed by atoms with Gasteiger partial charge in [-0.1, -0.05) is 5.16 Å². The second-order valence-electron chi connectivity index (χ2n) is 6.44. The molecule has 2 aliphatic heterocycles. The van der Waals surface area contributed by atoms with Crippen LogP contribution >= 0.6 is 0 Å². The summed E-state index contributed by atoms with van der Waals surface area (Å²) in [5.74, 6) is 0.117. The standard InChI is InChI=1S/C15H21N3O4/c1-17(2)13(19)12-8-15(10-21-12)5-3-7-18(9-15)14(20)11-4-6-16-22-11/h4,6,12H,3,5,7-10H2,1-2H3/t12-,15-/m1/s1. The Hall–Kier alpha value is -1.89. The smallest absolute Gasteiger partial charge is 0.292 e. The van der Waals surface area contributed by atoms with E-state index in [9.17, 15) is 9.59 Å². The minimum atomic E-state index is -0.393. The van der Waals surface area contributed by atoms with E-state index in [0.29, 0.717) is 26.1 Å². The normalized spacial score (nSPS) is 28.1. The molecule has 1 aromatic heterocycles. The van der Waals surface area contributed by atoms with Crippen LogP contribution in [-0.4, -0.2) is 66.7 Å². The molecule has 0 N–H and O–H groups in total. The number of hydrogen-bond donors (Lipinski definition) is 0. The summed E-state index contributed by atoms with van der Waals surface area (Å²) < 4.78 is 10.7. The SMILES string of the molecule is CN(C)C(=O)[C@H]1C[C@@]2(CCCN(C(=O)c3ccno3)C2)CO1. The molecule has 2 amide bonds. The lowest BCUT2D eigenvalue weighted by Gasteiger charge is -2.39. The van der Waals surface area contributed by atoms with Crippen molar-refractivity contribution >= 4 is 11.8 Å². The zero-order valence-corrected chi connectivity index (χ0v) is 12.9. The van der Waals surface area contributed by atoms with Crippen LogP contribution in [-0.2, 0) is 9.53 Å². The molecule has 1 aromatic rings. The molecule has 0 aromatic carbocycles. The van der Waals surface area contributed by atoms with Gasteiger partial charge < -0.3 is 19.1 Å². The van der Waals surface area contributed by atoms with Gasteiger partial charge in [-0.05, 0) is 19.3 Å². The number of ether oxygens (including phenoxy) is 1. The molecule has 1 spiro atoms. The fourth-order valence-electron chi connectivity index (χ4n) is 3.38. The number of rotatable bonds is 2. The molecule has 22 heavy (non-hydrogen) atoms. The van der Waals surface area contributed by atoms with Crippen LogP contribution < -0.4 is 0 Å². The molecule has 0 radical (unpaired) electrons. The number of carbonyl (C=O) groups excluding carboxylic acids is 2. The monoisotopic (exact) mass is 307 g/mol. The largest absolute Gasteiger partial charge is 0.368 e. The zero-order chi connectivity index (χ0) is 15.7. The van der Waals surface area contributed by atoms with Crippen molar-refractivity contribution in [3.63, 3.8) is 0 Å². The summed E-state index contributed by atoms with van der Waals surface area (Å²) in [6.45, 7) is 1.83. The highest BCUT2D eigenvalue weighted by molar-refractivity contribution is 5.91. The van der Waals surface area contributed by atoms with Gasteiger partial charge in [0.2, 0.25) is 5.76 Å². The second-order valence-corrected chi connectivity index (χ2v) is 6.44. The van der Waals surface area contributed by atoms with Gasteiger partial charge in [0.05, 0.1) is 12.8 Å². The molecule has 120 valence electrons. The number of likely N-dealkylation sites (N-methyl/N-ethyl adjacent to an activating group) is 1. The van der Waals surface area contributed by atoms with Crippen LogP contribution in [0, 0.1) is 5.41 Å². The van der Waals surface area contributed by atoms with Gasteiger partial charge in [-0.2, -0.15) is 0 Å². The maximum atomic E-state index is 12.4. The Morgan fingerprint density at radius 2 is 2.27 bits per heavy atom. The van der Waals surface area contributed by atoms with Crippen LogP contribution in [0.15, 0.2) is 16.8 Å². The van der Waals surface area contributed by atoms with Crippen LogP contribution in [0.2, 0.25) is 0 Å². The minimum Gasteiger partial charge on any atom is -0.368 e. The van der Waals surface area contributed by atoms with E-state index < -0.39 is 6.10 Å². The Kier molecular flexibility index (Phi) is 3.90. The lowest BCUT2D eigenvalue weighted by atomic mass is 9.78. The van der Waals surface area contributed by atoms with Gasteiger partial charge in [-0.25, -0.2) is 0 Å². The number of hydrogen-bond acceptors (Lipinski definition) is 5. The molecule has 2 aliphatic rings. The van der Waals surface area contributed by atoms with Crippen molar-refractivity contribution in [2.24, 2.45) is 5.41 Å². The fourth-order valence-corrected chi connectivity index (χ4v) is 3.38. The molecule has 7 nitrogen and oxygen atoms in total. The second kappa shape index (κ2) is 5.72. The van der Waals surface area contributed by atoms with E-state index in [1.54, 1.807) is 30.0 Å². The molecule has 7 heteroatoms. The predicted molar refractivity (Wildman–Crippen MR) is 77.1 cm³/mol. The van der Waals surface area contributed by atoms with Crippen molar-refractivity contribution < 1.29 is 18.8 Å². The van der Waals surface area contributed by atoms with Crippen LogP contribution in [0.1, 0.15) is 29.8 Å². The summed E-state index contributed by atoms with van der Waals surface area (Å²) in [7, 11) is 3.47. The van der Waals surface area contributed by atoms with Gasteiger partial charge in [0.25, 0.3) is 11.8 Å². The van der Waals surface area contributed by atoms with Gasteiger partial charge >= 0.3 is 0 Å². The highest BCUT2D eigenvalue weighted by atomic mass is 16.5. The molecule has 2 fully saturated rings. The number of aromatic nitrogens is 1. The Labute approximate surface area is 129 Å². The van der Waals surface area contributed by atoms with E-state index >= 15 is 0 Å². The van der Waals surface area contributed by atoms with Gasteiger partial charge in [-0.3, -0.25) is 9.59 Å². The maximum absolute atomic E-state index is 12.4. The summed E-state index contributed by atoms with van der Waals surface area (Å²) in [5, 5.41) is 3.58. The third kappa shape index (κ3) is 2.72. The average Bonchev–Trinajstić information content (AvgIpc) is 3.16. The highest BCUT2D eigenvalue weighted by Gasteiger charge is 2.46. The quantitative estimate of drug-likeness (QED) is 0.807. The van der Waals surface area contributed by atoms with Crippen LogP contribution in [0.4, 0.5) is 0 Å². The van der Waals surface area contributed by atoms with Crippen LogP contribution in [0.3, 0.4) is 0 Å². The van der Waals surface area contributed by atoms with E-state index in [-0.39, 0.29) is 23.0 Å². The minimum absolute atomic E-state index is 0.00411. The van der Waals surface area contributed by atoms with Crippen molar-refractivity contribution in [1.29, 1.82) is 0 Å². The molecule has 2 saturated heterocycles. The van der Waals surface area contributed by atoms with E-state index in [0.717, 1.165) is 12.8 Å². The highest BCUT2D eigenvalue weighted by Crippen LogP contribution is 2.41. The third-order valence-electron chi connectivity index (χ3n) is 4.52. The number of nitrogens with zero attached hydrogens (tertiary/aromatic N) is 3. The molecule has 2 atom stereocenters. The Morgan fingerprint density at radius 3 is 2.95 bits per heavy atom. The lowest BCUT2D eigenvalue weighted by molar-refractivity contribution is -0.138. The van der Waals surface area contributed by atoms with E-state index in [1.807, 2.05) is 0 Å². The molecular weight excluding hydrogens is 286 g/mol.